The van der Waals surface area contributed by atoms with Crippen LogP contribution in [0.3, 0.4) is 0 Å². The molecule has 2 aliphatic rings. The SMILES string of the molecule is Cc1ccc(Cl)cc1N1CCN(C(=O)NC2CCCc3occc32)CC1. The van der Waals surface area contributed by atoms with Gasteiger partial charge in [-0.2, -0.15) is 0 Å². The molecule has 0 saturated carbocycles. The predicted molar refractivity (Wildman–Crippen MR) is 103 cm³/mol. The highest BCUT2D eigenvalue weighted by molar-refractivity contribution is 6.30. The topological polar surface area (TPSA) is 48.7 Å². The Morgan fingerprint density at radius 1 is 1.23 bits per heavy atom. The number of rotatable bonds is 2. The second-order valence-corrected chi connectivity index (χ2v) is 7.53. The van der Waals surface area contributed by atoms with E-state index in [-0.39, 0.29) is 12.1 Å². The average molecular weight is 374 g/mol. The van der Waals surface area contributed by atoms with E-state index in [2.05, 4.69) is 17.1 Å². The average Bonchev–Trinajstić information content (AvgIpc) is 3.14. The van der Waals surface area contributed by atoms with Gasteiger partial charge in [-0.25, -0.2) is 4.79 Å². The van der Waals surface area contributed by atoms with E-state index in [1.54, 1.807) is 6.26 Å². The number of nitrogens with one attached hydrogen (secondary N) is 1. The zero-order valence-electron chi connectivity index (χ0n) is 15.0. The van der Waals surface area contributed by atoms with Gasteiger partial charge >= 0.3 is 6.03 Å². The van der Waals surface area contributed by atoms with Crippen LogP contribution in [-0.4, -0.2) is 37.1 Å². The molecule has 1 saturated heterocycles. The Morgan fingerprint density at radius 2 is 2.04 bits per heavy atom. The minimum Gasteiger partial charge on any atom is -0.469 e. The Balaban J connectivity index is 1.36. The lowest BCUT2D eigenvalue weighted by atomic mass is 9.93. The lowest BCUT2D eigenvalue weighted by Crippen LogP contribution is -2.52. The second kappa shape index (κ2) is 7.23. The number of aryl methyl sites for hydroxylation is 2. The summed E-state index contributed by atoms with van der Waals surface area (Å²) in [6, 6.07) is 8.04. The molecule has 1 aromatic carbocycles. The maximum atomic E-state index is 12.7. The van der Waals surface area contributed by atoms with Crippen LogP contribution in [0.4, 0.5) is 10.5 Å². The highest BCUT2D eigenvalue weighted by atomic mass is 35.5. The van der Waals surface area contributed by atoms with Crippen LogP contribution < -0.4 is 10.2 Å². The van der Waals surface area contributed by atoms with E-state index >= 15 is 0 Å². The lowest BCUT2D eigenvalue weighted by Gasteiger charge is -2.37. The Hall–Kier alpha value is -2.14. The Labute approximate surface area is 158 Å². The molecule has 1 unspecified atom stereocenters. The van der Waals surface area contributed by atoms with Crippen LogP contribution in [0, 0.1) is 6.92 Å². The third-order valence-electron chi connectivity index (χ3n) is 5.43. The number of halogens is 1. The second-order valence-electron chi connectivity index (χ2n) is 7.10. The van der Waals surface area contributed by atoms with Gasteiger partial charge in [0.25, 0.3) is 0 Å². The van der Waals surface area contributed by atoms with Crippen LogP contribution in [-0.2, 0) is 6.42 Å². The van der Waals surface area contributed by atoms with Crippen molar-refractivity contribution in [3.8, 4) is 0 Å². The third kappa shape index (κ3) is 3.40. The van der Waals surface area contributed by atoms with Crippen molar-refractivity contribution in [2.45, 2.75) is 32.2 Å². The molecule has 138 valence electrons. The van der Waals surface area contributed by atoms with Crippen molar-refractivity contribution in [1.29, 1.82) is 0 Å². The van der Waals surface area contributed by atoms with Gasteiger partial charge < -0.3 is 19.5 Å². The van der Waals surface area contributed by atoms with Gasteiger partial charge in [0.15, 0.2) is 0 Å². The molecule has 0 spiro atoms. The number of benzene rings is 1. The van der Waals surface area contributed by atoms with Crippen LogP contribution in [0.25, 0.3) is 0 Å². The highest BCUT2D eigenvalue weighted by Crippen LogP contribution is 2.31. The number of urea groups is 1. The molecular weight excluding hydrogens is 350 g/mol. The zero-order chi connectivity index (χ0) is 18.1. The number of amides is 2. The Bertz CT molecular complexity index is 796. The maximum Gasteiger partial charge on any atom is 0.318 e. The molecular formula is C20H24ClN3O2. The number of furan rings is 1. The number of nitrogens with zero attached hydrogens (tertiary/aromatic N) is 2. The standard InChI is InChI=1S/C20H24ClN3O2/c1-14-5-6-15(21)13-18(14)23-8-10-24(11-9-23)20(25)22-17-3-2-4-19-16(17)7-12-26-19/h5-7,12-13,17H,2-4,8-11H2,1H3,(H,22,25). The number of anilines is 1. The molecule has 5 nitrogen and oxygen atoms in total. The summed E-state index contributed by atoms with van der Waals surface area (Å²) >= 11 is 6.15. The lowest BCUT2D eigenvalue weighted by molar-refractivity contribution is 0.188. The van der Waals surface area contributed by atoms with Crippen molar-refractivity contribution >= 4 is 23.3 Å². The number of fused-ring (bicyclic) bond motifs is 1. The van der Waals surface area contributed by atoms with Gasteiger partial charge in [0.1, 0.15) is 5.76 Å². The van der Waals surface area contributed by atoms with E-state index in [4.69, 9.17) is 16.0 Å². The molecule has 1 N–H and O–H groups in total. The van der Waals surface area contributed by atoms with Crippen molar-refractivity contribution < 1.29 is 9.21 Å². The smallest absolute Gasteiger partial charge is 0.318 e. The highest BCUT2D eigenvalue weighted by Gasteiger charge is 2.27. The van der Waals surface area contributed by atoms with E-state index in [1.165, 1.54) is 5.56 Å². The minimum absolute atomic E-state index is 0.0199. The molecule has 2 amide bonds. The quantitative estimate of drug-likeness (QED) is 0.860. The van der Waals surface area contributed by atoms with E-state index < -0.39 is 0 Å². The van der Waals surface area contributed by atoms with Crippen molar-refractivity contribution in [2.75, 3.05) is 31.1 Å². The molecule has 1 aliphatic heterocycles. The first-order chi connectivity index (χ1) is 12.6. The first-order valence-electron chi connectivity index (χ1n) is 9.24. The zero-order valence-corrected chi connectivity index (χ0v) is 15.8. The first-order valence-corrected chi connectivity index (χ1v) is 9.62. The molecule has 6 heteroatoms. The number of hydrogen-bond donors (Lipinski definition) is 1. The van der Waals surface area contributed by atoms with Gasteiger partial charge in [-0.15, -0.1) is 0 Å². The fourth-order valence-corrected chi connectivity index (χ4v) is 4.12. The summed E-state index contributed by atoms with van der Waals surface area (Å²) in [5.41, 5.74) is 3.51. The Morgan fingerprint density at radius 3 is 2.85 bits per heavy atom. The van der Waals surface area contributed by atoms with Crippen molar-refractivity contribution in [1.82, 2.24) is 10.2 Å². The normalized spacial score (nSPS) is 20.0. The number of carbonyl (C=O) groups is 1. The van der Waals surface area contributed by atoms with Gasteiger partial charge in [-0.1, -0.05) is 17.7 Å². The van der Waals surface area contributed by atoms with Crippen molar-refractivity contribution in [2.24, 2.45) is 0 Å². The van der Waals surface area contributed by atoms with E-state index in [0.717, 1.165) is 54.4 Å². The van der Waals surface area contributed by atoms with E-state index in [0.29, 0.717) is 13.1 Å². The number of carbonyl (C=O) groups excluding carboxylic acids is 1. The summed E-state index contributed by atoms with van der Waals surface area (Å²) in [5, 5.41) is 3.94. The van der Waals surface area contributed by atoms with Crippen LogP contribution in [0.5, 0.6) is 0 Å². The molecule has 1 aromatic heterocycles. The molecule has 0 bridgehead atoms. The number of hydrogen-bond acceptors (Lipinski definition) is 3. The van der Waals surface area contributed by atoms with Gasteiger partial charge in [0.2, 0.25) is 0 Å². The molecule has 1 aliphatic carbocycles. The van der Waals surface area contributed by atoms with Gasteiger partial charge in [-0.3, -0.25) is 0 Å². The van der Waals surface area contributed by atoms with Crippen molar-refractivity contribution in [3.63, 3.8) is 0 Å². The van der Waals surface area contributed by atoms with E-state index in [1.807, 2.05) is 29.2 Å². The van der Waals surface area contributed by atoms with Gasteiger partial charge in [0.05, 0.1) is 12.3 Å². The van der Waals surface area contributed by atoms with Gasteiger partial charge in [0, 0.05) is 48.9 Å². The summed E-state index contributed by atoms with van der Waals surface area (Å²) in [5.74, 6) is 1.02. The summed E-state index contributed by atoms with van der Waals surface area (Å²) in [6.07, 6.45) is 4.71. The number of piperazine rings is 1. The predicted octanol–water partition coefficient (Wildman–Crippen LogP) is 4.15. The maximum absolute atomic E-state index is 12.7. The fourth-order valence-electron chi connectivity index (χ4n) is 3.95. The Kier molecular flexibility index (Phi) is 4.81. The van der Waals surface area contributed by atoms with Gasteiger partial charge in [-0.05, 0) is 43.5 Å². The van der Waals surface area contributed by atoms with Crippen LogP contribution in [0.2, 0.25) is 5.02 Å². The molecule has 4 rings (SSSR count). The molecule has 1 atom stereocenters. The minimum atomic E-state index is 0.0199. The van der Waals surface area contributed by atoms with Crippen molar-refractivity contribution in [3.05, 3.63) is 52.4 Å². The van der Waals surface area contributed by atoms with Crippen LogP contribution in [0.1, 0.15) is 35.8 Å². The van der Waals surface area contributed by atoms with E-state index in [9.17, 15) is 4.79 Å². The molecule has 1 fully saturated rings. The fraction of sp³-hybridized carbons (Fsp3) is 0.450. The largest absolute Gasteiger partial charge is 0.469 e. The summed E-state index contributed by atoms with van der Waals surface area (Å²) in [6.45, 7) is 5.15. The molecule has 0 radical (unpaired) electrons. The molecule has 26 heavy (non-hydrogen) atoms. The van der Waals surface area contributed by atoms with Crippen LogP contribution in [0.15, 0.2) is 34.9 Å². The van der Waals surface area contributed by atoms with Crippen LogP contribution >= 0.6 is 11.6 Å². The molecule has 2 aromatic rings. The summed E-state index contributed by atoms with van der Waals surface area (Å²) in [7, 11) is 0. The summed E-state index contributed by atoms with van der Waals surface area (Å²) < 4.78 is 5.51. The molecule has 2 heterocycles. The summed E-state index contributed by atoms with van der Waals surface area (Å²) in [4.78, 5) is 16.9. The third-order valence-corrected chi connectivity index (χ3v) is 5.66. The monoisotopic (exact) mass is 373 g/mol. The first kappa shape index (κ1) is 17.3.